The van der Waals surface area contributed by atoms with Gasteiger partial charge in [0.1, 0.15) is 0 Å². The molecule has 2 aromatic carbocycles. The molecule has 0 aliphatic heterocycles. The summed E-state index contributed by atoms with van der Waals surface area (Å²) in [6, 6.07) is 14.3. The fraction of sp³-hybridized carbons (Fsp3) is 0.143. The zero-order valence-corrected chi connectivity index (χ0v) is 11.1. The zero-order valence-electron chi connectivity index (χ0n) is 10.3. The van der Waals surface area contributed by atoms with Gasteiger partial charge in [-0.1, -0.05) is 36.0 Å². The molecule has 1 N–H and O–H groups in total. The molecule has 0 spiro atoms. The Morgan fingerprint density at radius 1 is 1.21 bits per heavy atom. The van der Waals surface area contributed by atoms with E-state index in [2.05, 4.69) is 0 Å². The monoisotopic (exact) mass is 275 g/mol. The maximum Gasteiger partial charge on any atom is 0.283 e. The highest BCUT2D eigenvalue weighted by Crippen LogP contribution is 2.36. The van der Waals surface area contributed by atoms with Gasteiger partial charge in [0, 0.05) is 11.0 Å². The second kappa shape index (κ2) is 5.86. The fourth-order valence-corrected chi connectivity index (χ4v) is 2.56. The van der Waals surface area contributed by atoms with Crippen molar-refractivity contribution >= 4 is 17.4 Å². The van der Waals surface area contributed by atoms with Crippen LogP contribution in [-0.4, -0.2) is 10.0 Å². The molecule has 19 heavy (non-hydrogen) atoms. The van der Waals surface area contributed by atoms with Gasteiger partial charge in [0.2, 0.25) is 0 Å². The van der Waals surface area contributed by atoms with Crippen LogP contribution in [0.1, 0.15) is 18.6 Å². The molecule has 0 aliphatic carbocycles. The van der Waals surface area contributed by atoms with Crippen LogP contribution in [0.25, 0.3) is 0 Å². The Labute approximate surface area is 115 Å². The van der Waals surface area contributed by atoms with Crippen molar-refractivity contribution in [1.82, 2.24) is 0 Å². The van der Waals surface area contributed by atoms with Gasteiger partial charge in [0.15, 0.2) is 0 Å². The van der Waals surface area contributed by atoms with Crippen molar-refractivity contribution in [2.45, 2.75) is 22.8 Å². The molecular formula is C14H13NO3S. The zero-order chi connectivity index (χ0) is 13.8. The summed E-state index contributed by atoms with van der Waals surface area (Å²) in [4.78, 5) is 12.2. The molecule has 0 aromatic heterocycles. The summed E-state index contributed by atoms with van der Waals surface area (Å²) in [5.74, 6) is 0. The molecule has 1 atom stereocenters. The minimum absolute atomic E-state index is 0.0206. The summed E-state index contributed by atoms with van der Waals surface area (Å²) < 4.78 is 0. The lowest BCUT2D eigenvalue weighted by Gasteiger charge is -2.07. The van der Waals surface area contributed by atoms with Crippen LogP contribution < -0.4 is 0 Å². The van der Waals surface area contributed by atoms with E-state index in [0.717, 1.165) is 4.90 Å². The van der Waals surface area contributed by atoms with Gasteiger partial charge in [-0.25, -0.2) is 0 Å². The lowest BCUT2D eigenvalue weighted by molar-refractivity contribution is -0.387. The molecular weight excluding hydrogens is 262 g/mol. The molecule has 0 aliphatic rings. The van der Waals surface area contributed by atoms with Crippen LogP contribution in [0.2, 0.25) is 0 Å². The Bertz CT molecular complexity index is 584. The molecule has 2 rings (SSSR count). The average Bonchev–Trinajstić information content (AvgIpc) is 2.39. The summed E-state index contributed by atoms with van der Waals surface area (Å²) in [5, 5.41) is 20.6. The molecule has 1 unspecified atom stereocenters. The first-order valence-corrected chi connectivity index (χ1v) is 6.59. The standard InChI is InChI=1S/C14H13NO3S/c1-10(16)11-7-8-14(13(9-11)15(17)18)19-12-5-3-2-4-6-12/h2-10,16H,1H3. The van der Waals surface area contributed by atoms with E-state index in [9.17, 15) is 15.2 Å². The van der Waals surface area contributed by atoms with Gasteiger partial charge in [-0.15, -0.1) is 0 Å². The smallest absolute Gasteiger partial charge is 0.283 e. The summed E-state index contributed by atoms with van der Waals surface area (Å²) in [7, 11) is 0. The molecule has 98 valence electrons. The second-order valence-electron chi connectivity index (χ2n) is 4.08. The molecule has 0 heterocycles. The summed E-state index contributed by atoms with van der Waals surface area (Å²) >= 11 is 1.34. The van der Waals surface area contributed by atoms with E-state index in [-0.39, 0.29) is 5.69 Å². The third-order valence-corrected chi connectivity index (χ3v) is 3.71. The van der Waals surface area contributed by atoms with E-state index < -0.39 is 11.0 Å². The molecule has 5 heteroatoms. The van der Waals surface area contributed by atoms with Crippen molar-refractivity contribution in [3.05, 3.63) is 64.2 Å². The van der Waals surface area contributed by atoms with Gasteiger partial charge in [-0.3, -0.25) is 10.1 Å². The molecule has 2 aromatic rings. The first-order valence-electron chi connectivity index (χ1n) is 5.77. The number of hydrogen-bond donors (Lipinski definition) is 1. The number of aliphatic hydroxyl groups is 1. The van der Waals surface area contributed by atoms with E-state index in [1.807, 2.05) is 30.3 Å². The minimum Gasteiger partial charge on any atom is -0.389 e. The van der Waals surface area contributed by atoms with Crippen LogP contribution in [0.4, 0.5) is 5.69 Å². The second-order valence-corrected chi connectivity index (χ2v) is 5.19. The normalized spacial score (nSPS) is 12.1. The Balaban J connectivity index is 2.37. The largest absolute Gasteiger partial charge is 0.389 e. The molecule has 0 saturated heterocycles. The van der Waals surface area contributed by atoms with Crippen molar-refractivity contribution in [3.63, 3.8) is 0 Å². The number of benzene rings is 2. The lowest BCUT2D eigenvalue weighted by Crippen LogP contribution is -1.96. The number of hydrogen-bond acceptors (Lipinski definition) is 4. The number of rotatable bonds is 4. The van der Waals surface area contributed by atoms with Crippen molar-refractivity contribution in [1.29, 1.82) is 0 Å². The van der Waals surface area contributed by atoms with Gasteiger partial charge in [-0.05, 0) is 30.7 Å². The summed E-state index contributed by atoms with van der Waals surface area (Å²) in [6.45, 7) is 1.59. The highest BCUT2D eigenvalue weighted by Gasteiger charge is 2.17. The Morgan fingerprint density at radius 3 is 2.47 bits per heavy atom. The van der Waals surface area contributed by atoms with Crippen LogP contribution in [-0.2, 0) is 0 Å². The van der Waals surface area contributed by atoms with E-state index >= 15 is 0 Å². The van der Waals surface area contributed by atoms with Gasteiger partial charge in [0.25, 0.3) is 5.69 Å². The quantitative estimate of drug-likeness (QED) is 0.681. The highest BCUT2D eigenvalue weighted by molar-refractivity contribution is 7.99. The van der Waals surface area contributed by atoms with Crippen molar-refractivity contribution in [2.75, 3.05) is 0 Å². The molecule has 0 fully saturated rings. The predicted octanol–water partition coefficient (Wildman–Crippen LogP) is 3.80. The lowest BCUT2D eigenvalue weighted by atomic mass is 10.1. The van der Waals surface area contributed by atoms with Crippen LogP contribution in [0.5, 0.6) is 0 Å². The highest BCUT2D eigenvalue weighted by atomic mass is 32.2. The number of nitrogens with zero attached hydrogens (tertiary/aromatic N) is 1. The van der Waals surface area contributed by atoms with Crippen LogP contribution in [0.3, 0.4) is 0 Å². The van der Waals surface area contributed by atoms with Crippen molar-refractivity contribution in [2.24, 2.45) is 0 Å². The molecule has 4 nitrogen and oxygen atoms in total. The van der Waals surface area contributed by atoms with Gasteiger partial charge in [-0.2, -0.15) is 0 Å². The fourth-order valence-electron chi connectivity index (χ4n) is 1.64. The maximum absolute atomic E-state index is 11.1. The van der Waals surface area contributed by atoms with Crippen LogP contribution >= 0.6 is 11.8 Å². The van der Waals surface area contributed by atoms with Crippen LogP contribution in [0, 0.1) is 10.1 Å². The van der Waals surface area contributed by atoms with Crippen LogP contribution in [0.15, 0.2) is 58.3 Å². The van der Waals surface area contributed by atoms with Gasteiger partial charge < -0.3 is 5.11 Å². The van der Waals surface area contributed by atoms with E-state index in [1.165, 1.54) is 17.8 Å². The van der Waals surface area contributed by atoms with Gasteiger partial charge in [0.05, 0.1) is 15.9 Å². The van der Waals surface area contributed by atoms with E-state index in [1.54, 1.807) is 19.1 Å². The topological polar surface area (TPSA) is 63.4 Å². The first-order chi connectivity index (χ1) is 9.08. The Hall–Kier alpha value is -1.85. The predicted molar refractivity (Wildman–Crippen MR) is 74.3 cm³/mol. The minimum atomic E-state index is -0.713. The summed E-state index contributed by atoms with van der Waals surface area (Å²) in [6.07, 6.45) is -0.713. The van der Waals surface area contributed by atoms with E-state index in [0.29, 0.717) is 10.5 Å². The molecule has 0 amide bonds. The number of nitro benzene ring substituents is 1. The third kappa shape index (κ3) is 3.33. The Morgan fingerprint density at radius 2 is 1.89 bits per heavy atom. The molecule has 0 saturated carbocycles. The number of nitro groups is 1. The molecule has 0 bridgehead atoms. The molecule has 0 radical (unpaired) electrons. The first kappa shape index (κ1) is 13.6. The van der Waals surface area contributed by atoms with Gasteiger partial charge >= 0.3 is 0 Å². The van der Waals surface area contributed by atoms with Crippen molar-refractivity contribution < 1.29 is 10.0 Å². The SMILES string of the molecule is CC(O)c1ccc(Sc2ccccc2)c([N+](=O)[O-])c1. The maximum atomic E-state index is 11.1. The number of aliphatic hydroxyl groups excluding tert-OH is 1. The summed E-state index contributed by atoms with van der Waals surface area (Å²) in [5.41, 5.74) is 0.566. The third-order valence-electron chi connectivity index (χ3n) is 2.63. The average molecular weight is 275 g/mol. The Kier molecular flexibility index (Phi) is 4.19. The van der Waals surface area contributed by atoms with Crippen molar-refractivity contribution in [3.8, 4) is 0 Å². The van der Waals surface area contributed by atoms with E-state index in [4.69, 9.17) is 0 Å².